The van der Waals surface area contributed by atoms with E-state index < -0.39 is 6.10 Å². The quantitative estimate of drug-likeness (QED) is 0.618. The highest BCUT2D eigenvalue weighted by molar-refractivity contribution is 5.83. The van der Waals surface area contributed by atoms with Gasteiger partial charge in [-0.25, -0.2) is 4.98 Å². The lowest BCUT2D eigenvalue weighted by molar-refractivity contribution is 0.104. The summed E-state index contributed by atoms with van der Waals surface area (Å²) in [7, 11) is 0. The van der Waals surface area contributed by atoms with Gasteiger partial charge in [-0.1, -0.05) is 25.1 Å². The van der Waals surface area contributed by atoms with E-state index in [2.05, 4.69) is 49.1 Å². The second-order valence-electron chi connectivity index (χ2n) is 6.64. The summed E-state index contributed by atoms with van der Waals surface area (Å²) in [5, 5.41) is 10.7. The fraction of sp³-hybridized carbons (Fsp3) is 0.348. The standard InChI is InChI=1S/C23H28N2O2/c1-4-20(26)16-27-21-12-14-23-18(15-21)9-13-22(24-23)17-7-10-19(11-8-17)25(5-2)6-3/h7-15,20,26H,4-6,16H2,1-3H3. The summed E-state index contributed by atoms with van der Waals surface area (Å²) in [6.07, 6.45) is 0.256. The minimum absolute atomic E-state index is 0.312. The molecule has 0 amide bonds. The van der Waals surface area contributed by atoms with Crippen LogP contribution in [0, 0.1) is 0 Å². The van der Waals surface area contributed by atoms with Crippen molar-refractivity contribution in [1.29, 1.82) is 0 Å². The van der Waals surface area contributed by atoms with Crippen molar-refractivity contribution in [2.24, 2.45) is 0 Å². The lowest BCUT2D eigenvalue weighted by atomic mass is 10.1. The smallest absolute Gasteiger partial charge is 0.120 e. The summed E-state index contributed by atoms with van der Waals surface area (Å²) >= 11 is 0. The highest BCUT2D eigenvalue weighted by Gasteiger charge is 2.07. The lowest BCUT2D eigenvalue weighted by Crippen LogP contribution is -2.21. The van der Waals surface area contributed by atoms with Crippen molar-refractivity contribution in [2.75, 3.05) is 24.6 Å². The van der Waals surface area contributed by atoms with Gasteiger partial charge in [0.1, 0.15) is 12.4 Å². The van der Waals surface area contributed by atoms with Crippen LogP contribution in [0.25, 0.3) is 22.2 Å². The average Bonchev–Trinajstić information content (AvgIpc) is 2.73. The Labute approximate surface area is 161 Å². The van der Waals surface area contributed by atoms with Crippen LogP contribution >= 0.6 is 0 Å². The first-order valence-corrected chi connectivity index (χ1v) is 9.71. The molecule has 27 heavy (non-hydrogen) atoms. The minimum atomic E-state index is -0.430. The van der Waals surface area contributed by atoms with Crippen LogP contribution in [0.5, 0.6) is 5.75 Å². The Morgan fingerprint density at radius 1 is 0.963 bits per heavy atom. The molecule has 0 aliphatic rings. The van der Waals surface area contributed by atoms with Gasteiger partial charge in [0, 0.05) is 29.7 Å². The molecule has 0 saturated heterocycles. The minimum Gasteiger partial charge on any atom is -0.491 e. The SMILES string of the molecule is CCC(O)COc1ccc2nc(-c3ccc(N(CC)CC)cc3)ccc2c1. The van der Waals surface area contributed by atoms with E-state index in [1.54, 1.807) is 0 Å². The first-order chi connectivity index (χ1) is 13.1. The zero-order chi connectivity index (χ0) is 19.2. The van der Waals surface area contributed by atoms with Crippen molar-refractivity contribution in [3.8, 4) is 17.0 Å². The van der Waals surface area contributed by atoms with E-state index in [9.17, 15) is 5.11 Å². The van der Waals surface area contributed by atoms with E-state index in [0.29, 0.717) is 13.0 Å². The molecule has 0 radical (unpaired) electrons. The molecule has 1 atom stereocenters. The van der Waals surface area contributed by atoms with Crippen LogP contribution in [0.3, 0.4) is 0 Å². The van der Waals surface area contributed by atoms with Crippen molar-refractivity contribution in [3.63, 3.8) is 0 Å². The number of rotatable bonds is 8. The number of aliphatic hydroxyl groups excluding tert-OH is 1. The van der Waals surface area contributed by atoms with Crippen LogP contribution in [0.4, 0.5) is 5.69 Å². The molecule has 142 valence electrons. The Bertz CT molecular complexity index is 873. The maximum atomic E-state index is 9.64. The van der Waals surface area contributed by atoms with Gasteiger partial charge < -0.3 is 14.7 Å². The lowest BCUT2D eigenvalue weighted by Gasteiger charge is -2.21. The molecule has 4 nitrogen and oxygen atoms in total. The third kappa shape index (κ3) is 4.58. The summed E-state index contributed by atoms with van der Waals surface area (Å²) in [5.41, 5.74) is 4.24. The number of pyridine rings is 1. The third-order valence-corrected chi connectivity index (χ3v) is 4.87. The number of fused-ring (bicyclic) bond motifs is 1. The molecule has 0 aliphatic heterocycles. The van der Waals surface area contributed by atoms with Crippen LogP contribution in [0.1, 0.15) is 27.2 Å². The first-order valence-electron chi connectivity index (χ1n) is 9.71. The van der Waals surface area contributed by atoms with Crippen molar-refractivity contribution in [3.05, 3.63) is 54.6 Å². The van der Waals surface area contributed by atoms with E-state index >= 15 is 0 Å². The number of benzene rings is 2. The molecule has 0 bridgehead atoms. The molecule has 3 rings (SSSR count). The highest BCUT2D eigenvalue weighted by Crippen LogP contribution is 2.26. The van der Waals surface area contributed by atoms with Gasteiger partial charge in [0.05, 0.1) is 17.3 Å². The molecule has 0 fully saturated rings. The number of aromatic nitrogens is 1. The largest absolute Gasteiger partial charge is 0.491 e. The van der Waals surface area contributed by atoms with E-state index in [-0.39, 0.29) is 0 Å². The molecule has 1 aromatic heterocycles. The van der Waals surface area contributed by atoms with Crippen LogP contribution in [0.2, 0.25) is 0 Å². The van der Waals surface area contributed by atoms with Crippen molar-refractivity contribution in [2.45, 2.75) is 33.3 Å². The molecule has 0 aliphatic carbocycles. The fourth-order valence-electron chi connectivity index (χ4n) is 3.10. The molecule has 4 heteroatoms. The molecular formula is C23H28N2O2. The van der Waals surface area contributed by atoms with Crippen LogP contribution < -0.4 is 9.64 Å². The maximum Gasteiger partial charge on any atom is 0.120 e. The predicted molar refractivity (Wildman–Crippen MR) is 113 cm³/mol. The summed E-state index contributed by atoms with van der Waals surface area (Å²) in [6, 6.07) is 18.5. The van der Waals surface area contributed by atoms with Gasteiger partial charge in [-0.15, -0.1) is 0 Å². The summed E-state index contributed by atoms with van der Waals surface area (Å²) in [5.74, 6) is 0.758. The number of hydrogen-bond donors (Lipinski definition) is 1. The van der Waals surface area contributed by atoms with Crippen LogP contribution in [-0.2, 0) is 0 Å². The molecule has 3 aromatic rings. The van der Waals surface area contributed by atoms with Gasteiger partial charge in [-0.2, -0.15) is 0 Å². The van der Waals surface area contributed by atoms with Gasteiger partial charge in [-0.05, 0) is 56.7 Å². The Kier molecular flexibility index (Phi) is 6.30. The molecule has 1 heterocycles. The van der Waals surface area contributed by atoms with Crippen LogP contribution in [0.15, 0.2) is 54.6 Å². The van der Waals surface area contributed by atoms with Crippen molar-refractivity contribution < 1.29 is 9.84 Å². The van der Waals surface area contributed by atoms with Gasteiger partial charge in [-0.3, -0.25) is 0 Å². The Hall–Kier alpha value is -2.59. The second kappa shape index (κ2) is 8.87. The van der Waals surface area contributed by atoms with Gasteiger partial charge in [0.2, 0.25) is 0 Å². The summed E-state index contributed by atoms with van der Waals surface area (Å²) in [4.78, 5) is 7.12. The molecule has 1 N–H and O–H groups in total. The van der Waals surface area contributed by atoms with E-state index in [4.69, 9.17) is 9.72 Å². The fourth-order valence-corrected chi connectivity index (χ4v) is 3.10. The Morgan fingerprint density at radius 2 is 1.70 bits per heavy atom. The summed E-state index contributed by atoms with van der Waals surface area (Å²) in [6.45, 7) is 8.60. The molecule has 1 unspecified atom stereocenters. The average molecular weight is 364 g/mol. The van der Waals surface area contributed by atoms with Gasteiger partial charge in [0.25, 0.3) is 0 Å². The zero-order valence-corrected chi connectivity index (χ0v) is 16.4. The number of hydrogen-bond acceptors (Lipinski definition) is 4. The monoisotopic (exact) mass is 364 g/mol. The van der Waals surface area contributed by atoms with Gasteiger partial charge in [0.15, 0.2) is 0 Å². The maximum absolute atomic E-state index is 9.64. The number of ether oxygens (including phenoxy) is 1. The highest BCUT2D eigenvalue weighted by atomic mass is 16.5. The van der Waals surface area contributed by atoms with E-state index in [0.717, 1.165) is 41.0 Å². The molecule has 2 aromatic carbocycles. The number of nitrogens with zero attached hydrogens (tertiary/aromatic N) is 2. The first kappa shape index (κ1) is 19.2. The van der Waals surface area contributed by atoms with Crippen molar-refractivity contribution in [1.82, 2.24) is 4.98 Å². The van der Waals surface area contributed by atoms with Crippen molar-refractivity contribution >= 4 is 16.6 Å². The normalized spacial score (nSPS) is 12.1. The molecule has 0 spiro atoms. The van der Waals surface area contributed by atoms with E-state index in [1.165, 1.54) is 5.69 Å². The van der Waals surface area contributed by atoms with E-state index in [1.807, 2.05) is 31.2 Å². The number of anilines is 1. The summed E-state index contributed by atoms with van der Waals surface area (Å²) < 4.78 is 5.66. The Morgan fingerprint density at radius 3 is 2.37 bits per heavy atom. The molecular weight excluding hydrogens is 336 g/mol. The van der Waals surface area contributed by atoms with Gasteiger partial charge >= 0.3 is 0 Å². The third-order valence-electron chi connectivity index (χ3n) is 4.87. The molecule has 0 saturated carbocycles. The number of aliphatic hydroxyl groups is 1. The van der Waals surface area contributed by atoms with Crippen LogP contribution in [-0.4, -0.2) is 35.9 Å². The zero-order valence-electron chi connectivity index (χ0n) is 16.4. The second-order valence-corrected chi connectivity index (χ2v) is 6.64. The predicted octanol–water partition coefficient (Wildman–Crippen LogP) is 4.90. The topological polar surface area (TPSA) is 45.6 Å². The Balaban J connectivity index is 1.80.